The van der Waals surface area contributed by atoms with Crippen molar-refractivity contribution in [2.45, 2.75) is 74.3 Å². The van der Waals surface area contributed by atoms with Gasteiger partial charge < -0.3 is 10.4 Å². The molecule has 1 aromatic rings. The van der Waals surface area contributed by atoms with Crippen molar-refractivity contribution in [2.75, 3.05) is 0 Å². The number of sulfonamides is 1. The summed E-state index contributed by atoms with van der Waals surface area (Å²) in [5.74, 6) is -1.25. The van der Waals surface area contributed by atoms with Crippen LogP contribution < -0.4 is 10.0 Å². The van der Waals surface area contributed by atoms with Crippen molar-refractivity contribution in [1.82, 2.24) is 10.0 Å². The Balaban J connectivity index is 1.54. The van der Waals surface area contributed by atoms with Gasteiger partial charge >= 0.3 is 5.97 Å². The number of nitrogens with one attached hydrogen (secondary N) is 2. The topological polar surface area (TPSA) is 113 Å². The molecule has 3 N–H and O–H groups in total. The van der Waals surface area contributed by atoms with E-state index >= 15 is 0 Å². The molecule has 0 unspecified atom stereocenters. The maximum Gasteiger partial charge on any atom is 0.329 e. The summed E-state index contributed by atoms with van der Waals surface area (Å²) in [5, 5.41) is 12.2. The van der Waals surface area contributed by atoms with Crippen LogP contribution in [0.25, 0.3) is 0 Å². The van der Waals surface area contributed by atoms with Crippen LogP contribution in [-0.4, -0.2) is 37.0 Å². The zero-order valence-electron chi connectivity index (χ0n) is 15.2. The van der Waals surface area contributed by atoms with E-state index in [1.165, 1.54) is 12.1 Å². The van der Waals surface area contributed by atoms with E-state index in [-0.39, 0.29) is 23.3 Å². The summed E-state index contributed by atoms with van der Waals surface area (Å²) in [7, 11) is -3.48. The molecule has 7 nitrogen and oxygen atoms in total. The molecule has 0 heterocycles. The molecule has 148 valence electrons. The summed E-state index contributed by atoms with van der Waals surface area (Å²) in [6, 6.07) is 6.53. The Hall–Kier alpha value is -1.93. The number of carboxylic acid groups (broad SMARTS) is 1. The second-order valence-electron chi connectivity index (χ2n) is 7.54. The number of hydrogen-bond donors (Lipinski definition) is 3. The monoisotopic (exact) mass is 394 g/mol. The van der Waals surface area contributed by atoms with Gasteiger partial charge in [-0.2, -0.15) is 0 Å². The Bertz CT molecular complexity index is 794. The van der Waals surface area contributed by atoms with Crippen molar-refractivity contribution < 1.29 is 23.1 Å². The second kappa shape index (κ2) is 7.98. The van der Waals surface area contributed by atoms with Gasteiger partial charge in [-0.15, -0.1) is 0 Å². The number of amides is 1. The molecule has 1 amide bonds. The fraction of sp³-hybridized carbons (Fsp3) is 0.579. The number of aliphatic carboxylic acids is 1. The Morgan fingerprint density at radius 2 is 1.70 bits per heavy atom. The Kier molecular flexibility index (Phi) is 5.86. The van der Waals surface area contributed by atoms with Crippen molar-refractivity contribution in [2.24, 2.45) is 0 Å². The van der Waals surface area contributed by atoms with Gasteiger partial charge in [-0.3, -0.25) is 4.79 Å². The van der Waals surface area contributed by atoms with Crippen molar-refractivity contribution in [3.05, 3.63) is 29.8 Å². The van der Waals surface area contributed by atoms with E-state index in [0.29, 0.717) is 19.3 Å². The quantitative estimate of drug-likeness (QED) is 0.624. The van der Waals surface area contributed by atoms with E-state index < -0.39 is 21.5 Å². The summed E-state index contributed by atoms with van der Waals surface area (Å²) in [6.45, 7) is 0. The van der Waals surface area contributed by atoms with Crippen molar-refractivity contribution in [1.29, 1.82) is 0 Å². The van der Waals surface area contributed by atoms with Crippen LogP contribution in [-0.2, 0) is 26.0 Å². The van der Waals surface area contributed by atoms with Gasteiger partial charge in [-0.05, 0) is 49.8 Å². The third-order valence-electron chi connectivity index (χ3n) is 5.27. The molecule has 2 aliphatic carbocycles. The molecule has 0 bridgehead atoms. The summed E-state index contributed by atoms with van der Waals surface area (Å²) in [6.07, 6.45) is 5.89. The van der Waals surface area contributed by atoms with E-state index in [1.807, 2.05) is 0 Å². The normalized spacial score (nSPS) is 19.4. The molecule has 0 saturated heterocycles. The predicted octanol–water partition coefficient (Wildman–Crippen LogP) is 1.96. The van der Waals surface area contributed by atoms with E-state index in [2.05, 4.69) is 10.0 Å². The zero-order chi connectivity index (χ0) is 19.5. The minimum absolute atomic E-state index is 0.0553. The first-order valence-corrected chi connectivity index (χ1v) is 10.9. The maximum atomic E-state index is 12.3. The first-order valence-electron chi connectivity index (χ1n) is 9.46. The fourth-order valence-electron chi connectivity index (χ4n) is 3.46. The van der Waals surface area contributed by atoms with Gasteiger partial charge in [0.05, 0.1) is 4.90 Å². The van der Waals surface area contributed by atoms with E-state index in [9.17, 15) is 23.1 Å². The van der Waals surface area contributed by atoms with Gasteiger partial charge in [-0.25, -0.2) is 17.9 Å². The standard InChI is InChI=1S/C19H26N2O5S/c22-17(20-19(18(23)24)12-2-1-3-13-19)11-6-14-4-9-16(10-5-14)27(25,26)21-15-7-8-15/h4-5,9-10,15,21H,1-3,6-8,11-13H2,(H,20,22)(H,23,24). The molecule has 1 aromatic carbocycles. The molecule has 8 heteroatoms. The number of carboxylic acids is 1. The number of hydrogen-bond acceptors (Lipinski definition) is 4. The molecule has 2 saturated carbocycles. The van der Waals surface area contributed by atoms with Crippen LogP contribution in [0.2, 0.25) is 0 Å². The SMILES string of the molecule is O=C(CCc1ccc(S(=O)(=O)NC2CC2)cc1)NC1(C(=O)O)CCCCC1. The first kappa shape index (κ1) is 19.8. The first-order chi connectivity index (χ1) is 12.8. The lowest BCUT2D eigenvalue weighted by Gasteiger charge is -2.34. The number of aryl methyl sites for hydroxylation is 1. The zero-order valence-corrected chi connectivity index (χ0v) is 16.1. The molecule has 0 spiro atoms. The average molecular weight is 394 g/mol. The lowest BCUT2D eigenvalue weighted by atomic mass is 9.81. The average Bonchev–Trinajstić information content (AvgIpc) is 3.44. The summed E-state index contributed by atoms with van der Waals surface area (Å²) < 4.78 is 26.9. The Morgan fingerprint density at radius 3 is 2.26 bits per heavy atom. The maximum absolute atomic E-state index is 12.3. The van der Waals surface area contributed by atoms with Crippen LogP contribution in [0.5, 0.6) is 0 Å². The molecule has 0 radical (unpaired) electrons. The van der Waals surface area contributed by atoms with Gasteiger partial charge in [0.15, 0.2) is 0 Å². The van der Waals surface area contributed by atoms with Crippen LogP contribution >= 0.6 is 0 Å². The lowest BCUT2D eigenvalue weighted by molar-refractivity contribution is -0.149. The smallest absolute Gasteiger partial charge is 0.329 e. The number of rotatable bonds is 8. The Labute approximate surface area is 159 Å². The molecule has 3 rings (SSSR count). The fourth-order valence-corrected chi connectivity index (χ4v) is 4.76. The minimum atomic E-state index is -3.48. The molecular weight excluding hydrogens is 368 g/mol. The number of benzene rings is 1. The van der Waals surface area contributed by atoms with Crippen LogP contribution in [0.1, 0.15) is 56.9 Å². The molecule has 0 aromatic heterocycles. The van der Waals surface area contributed by atoms with Gasteiger partial charge in [0.2, 0.25) is 15.9 Å². The van der Waals surface area contributed by atoms with E-state index in [1.54, 1.807) is 12.1 Å². The van der Waals surface area contributed by atoms with E-state index in [4.69, 9.17) is 0 Å². The summed E-state index contributed by atoms with van der Waals surface area (Å²) in [4.78, 5) is 24.1. The number of carbonyl (C=O) groups is 2. The molecular formula is C19H26N2O5S. The van der Waals surface area contributed by atoms with Gasteiger partial charge in [0.25, 0.3) is 0 Å². The Morgan fingerprint density at radius 1 is 1.07 bits per heavy atom. The highest BCUT2D eigenvalue weighted by molar-refractivity contribution is 7.89. The van der Waals surface area contributed by atoms with Crippen LogP contribution in [0.15, 0.2) is 29.2 Å². The number of carbonyl (C=O) groups excluding carboxylic acids is 1. The van der Waals surface area contributed by atoms with E-state index in [0.717, 1.165) is 37.7 Å². The van der Waals surface area contributed by atoms with Gasteiger partial charge in [-0.1, -0.05) is 31.4 Å². The van der Waals surface area contributed by atoms with Crippen molar-refractivity contribution >= 4 is 21.9 Å². The second-order valence-corrected chi connectivity index (χ2v) is 9.25. The largest absolute Gasteiger partial charge is 0.480 e. The minimum Gasteiger partial charge on any atom is -0.480 e. The molecule has 0 aliphatic heterocycles. The van der Waals surface area contributed by atoms with Crippen LogP contribution in [0, 0.1) is 0 Å². The highest BCUT2D eigenvalue weighted by atomic mass is 32.2. The molecule has 2 aliphatic rings. The van der Waals surface area contributed by atoms with Crippen LogP contribution in [0.4, 0.5) is 0 Å². The van der Waals surface area contributed by atoms with Crippen molar-refractivity contribution in [3.8, 4) is 0 Å². The highest BCUT2D eigenvalue weighted by Gasteiger charge is 2.40. The molecule has 27 heavy (non-hydrogen) atoms. The highest BCUT2D eigenvalue weighted by Crippen LogP contribution is 2.28. The predicted molar refractivity (Wildman–Crippen MR) is 99.7 cm³/mol. The molecule has 0 atom stereocenters. The van der Waals surface area contributed by atoms with Crippen LogP contribution in [0.3, 0.4) is 0 Å². The van der Waals surface area contributed by atoms with Gasteiger partial charge in [0.1, 0.15) is 5.54 Å². The van der Waals surface area contributed by atoms with Crippen molar-refractivity contribution in [3.63, 3.8) is 0 Å². The summed E-state index contributed by atoms with van der Waals surface area (Å²) in [5.41, 5.74) is -0.301. The third kappa shape index (κ3) is 5.07. The summed E-state index contributed by atoms with van der Waals surface area (Å²) >= 11 is 0. The lowest BCUT2D eigenvalue weighted by Crippen LogP contribution is -2.55. The van der Waals surface area contributed by atoms with Gasteiger partial charge in [0, 0.05) is 12.5 Å². The molecule has 2 fully saturated rings. The third-order valence-corrected chi connectivity index (χ3v) is 6.81.